The van der Waals surface area contributed by atoms with Crippen molar-refractivity contribution in [1.29, 1.82) is 0 Å². The Bertz CT molecular complexity index is 1080. The predicted molar refractivity (Wildman–Crippen MR) is 114 cm³/mol. The minimum atomic E-state index is -0.350. The summed E-state index contributed by atoms with van der Waals surface area (Å²) in [5.74, 6) is -0.631. The third kappa shape index (κ3) is 4.81. The first-order valence-corrected chi connectivity index (χ1v) is 9.62. The fraction of sp³-hybridized carbons (Fsp3) is 0.130. The van der Waals surface area contributed by atoms with E-state index in [1.54, 1.807) is 23.1 Å². The highest BCUT2D eigenvalue weighted by Crippen LogP contribution is 2.33. The Hall–Kier alpha value is -3.74. The van der Waals surface area contributed by atoms with Crippen LogP contribution in [0.2, 0.25) is 0 Å². The molecule has 0 bridgehead atoms. The Balaban J connectivity index is 1.56. The summed E-state index contributed by atoms with van der Waals surface area (Å²) in [4.78, 5) is 3.91. The van der Waals surface area contributed by atoms with Gasteiger partial charge >= 0.3 is 0 Å². The molecule has 0 amide bonds. The molecule has 7 heteroatoms. The van der Waals surface area contributed by atoms with Crippen molar-refractivity contribution in [1.82, 2.24) is 14.8 Å². The van der Waals surface area contributed by atoms with Crippen LogP contribution >= 0.6 is 0 Å². The summed E-state index contributed by atoms with van der Waals surface area (Å²) in [6, 6.07) is 19.3. The Kier molecular flexibility index (Phi) is 5.98. The molecule has 2 N–H and O–H groups in total. The summed E-state index contributed by atoms with van der Waals surface area (Å²) in [5.41, 5.74) is 3.67. The molecule has 1 aromatic heterocycles. The van der Waals surface area contributed by atoms with Crippen molar-refractivity contribution < 1.29 is 8.78 Å². The van der Waals surface area contributed by atoms with Crippen LogP contribution in [-0.2, 0) is 13.1 Å². The first-order chi connectivity index (χ1) is 14.7. The van der Waals surface area contributed by atoms with Crippen LogP contribution in [0.3, 0.4) is 0 Å². The van der Waals surface area contributed by atoms with Gasteiger partial charge in [-0.2, -0.15) is 5.10 Å². The van der Waals surface area contributed by atoms with Crippen LogP contribution in [0.15, 0.2) is 79.4 Å². The third-order valence-electron chi connectivity index (χ3n) is 4.69. The average Bonchev–Trinajstić information content (AvgIpc) is 3.28. The molecule has 0 fully saturated rings. The molecule has 3 aromatic carbocycles. The van der Waals surface area contributed by atoms with E-state index in [2.05, 4.69) is 20.7 Å². The fourth-order valence-electron chi connectivity index (χ4n) is 3.18. The second-order valence-corrected chi connectivity index (χ2v) is 6.81. The van der Waals surface area contributed by atoms with E-state index in [9.17, 15) is 4.39 Å². The molecule has 0 saturated heterocycles. The molecule has 0 radical (unpaired) electrons. The molecular weight excluding hydrogens is 384 g/mol. The molecule has 152 valence electrons. The molecule has 0 atom stereocenters. The maximum absolute atomic E-state index is 15.1. The van der Waals surface area contributed by atoms with Crippen LogP contribution < -0.4 is 10.6 Å². The molecule has 30 heavy (non-hydrogen) atoms. The van der Waals surface area contributed by atoms with Crippen molar-refractivity contribution in [3.05, 3.63) is 96.6 Å². The third-order valence-corrected chi connectivity index (χ3v) is 4.69. The Morgan fingerprint density at radius 1 is 0.900 bits per heavy atom. The summed E-state index contributed by atoms with van der Waals surface area (Å²) in [6.07, 6.45) is 3.09. The Morgan fingerprint density at radius 3 is 2.43 bits per heavy atom. The average molecular weight is 405 g/mol. The SMILES string of the molecule is Fc1ccc(CNc2cc(F)c(NCCn3cncn3)c(-c3ccccc3)c2)cc1. The number of hydrogen-bond donors (Lipinski definition) is 2. The normalized spacial score (nSPS) is 10.7. The standard InChI is InChI=1S/C23H21F2N5/c24-19-8-6-17(7-9-19)14-28-20-12-21(18-4-2-1-3-5-18)23(22(25)13-20)27-10-11-30-16-26-15-29-30/h1-9,12-13,15-16,27-28H,10-11,14H2. The van der Waals surface area contributed by atoms with Crippen LogP contribution in [0.1, 0.15) is 5.56 Å². The number of nitrogens with one attached hydrogen (secondary N) is 2. The Morgan fingerprint density at radius 2 is 1.70 bits per heavy atom. The molecule has 4 aromatic rings. The molecule has 0 spiro atoms. The lowest BCUT2D eigenvalue weighted by atomic mass is 10.0. The first kappa shape index (κ1) is 19.6. The van der Waals surface area contributed by atoms with Gasteiger partial charge in [0.15, 0.2) is 0 Å². The number of benzene rings is 3. The zero-order valence-corrected chi connectivity index (χ0v) is 16.2. The summed E-state index contributed by atoms with van der Waals surface area (Å²) in [7, 11) is 0. The molecule has 0 unspecified atom stereocenters. The number of anilines is 2. The van der Waals surface area contributed by atoms with Gasteiger partial charge in [0.05, 0.1) is 12.2 Å². The fourth-order valence-corrected chi connectivity index (χ4v) is 3.18. The lowest BCUT2D eigenvalue weighted by Gasteiger charge is -2.16. The Labute approximate surface area is 173 Å². The van der Waals surface area contributed by atoms with Gasteiger partial charge in [-0.25, -0.2) is 13.8 Å². The smallest absolute Gasteiger partial charge is 0.148 e. The monoisotopic (exact) mass is 405 g/mol. The van der Waals surface area contributed by atoms with Crippen molar-refractivity contribution in [2.24, 2.45) is 0 Å². The summed E-state index contributed by atoms with van der Waals surface area (Å²) in [6.45, 7) is 1.54. The molecule has 0 aliphatic rings. The van der Waals surface area contributed by atoms with Crippen LogP contribution in [0, 0.1) is 11.6 Å². The van der Waals surface area contributed by atoms with Crippen molar-refractivity contribution in [3.8, 4) is 11.1 Å². The number of halogens is 2. The predicted octanol–water partition coefficient (Wildman–Crippen LogP) is 4.95. The number of hydrogen-bond acceptors (Lipinski definition) is 4. The molecule has 0 saturated carbocycles. The van der Waals surface area contributed by atoms with Gasteiger partial charge in [-0.05, 0) is 35.4 Å². The second kappa shape index (κ2) is 9.17. The molecular formula is C23H21F2N5. The number of rotatable bonds is 8. The molecule has 0 aliphatic heterocycles. The van der Waals surface area contributed by atoms with E-state index in [-0.39, 0.29) is 11.6 Å². The van der Waals surface area contributed by atoms with E-state index in [4.69, 9.17) is 0 Å². The van der Waals surface area contributed by atoms with E-state index in [1.807, 2.05) is 36.4 Å². The van der Waals surface area contributed by atoms with Gasteiger partial charge in [-0.3, -0.25) is 4.68 Å². The largest absolute Gasteiger partial charge is 0.381 e. The van der Waals surface area contributed by atoms with Crippen molar-refractivity contribution in [2.45, 2.75) is 13.1 Å². The molecule has 5 nitrogen and oxygen atoms in total. The summed E-state index contributed by atoms with van der Waals surface area (Å²) >= 11 is 0. The van der Waals surface area contributed by atoms with E-state index in [0.29, 0.717) is 31.0 Å². The number of aromatic nitrogens is 3. The minimum Gasteiger partial charge on any atom is -0.381 e. The molecule has 1 heterocycles. The molecule has 0 aliphatic carbocycles. The van der Waals surface area contributed by atoms with Crippen LogP contribution in [0.25, 0.3) is 11.1 Å². The summed E-state index contributed by atoms with van der Waals surface area (Å²) in [5, 5.41) is 10.5. The summed E-state index contributed by atoms with van der Waals surface area (Å²) < 4.78 is 29.8. The van der Waals surface area contributed by atoms with Gasteiger partial charge < -0.3 is 10.6 Å². The van der Waals surface area contributed by atoms with Gasteiger partial charge in [-0.1, -0.05) is 42.5 Å². The van der Waals surface area contributed by atoms with E-state index >= 15 is 4.39 Å². The maximum Gasteiger partial charge on any atom is 0.148 e. The van der Waals surface area contributed by atoms with Crippen LogP contribution in [0.4, 0.5) is 20.2 Å². The van der Waals surface area contributed by atoms with Gasteiger partial charge in [-0.15, -0.1) is 0 Å². The zero-order chi connectivity index (χ0) is 20.8. The number of nitrogens with zero attached hydrogens (tertiary/aromatic N) is 3. The lowest BCUT2D eigenvalue weighted by molar-refractivity contribution is 0.617. The quantitative estimate of drug-likeness (QED) is 0.436. The first-order valence-electron chi connectivity index (χ1n) is 9.62. The lowest BCUT2D eigenvalue weighted by Crippen LogP contribution is -2.13. The van der Waals surface area contributed by atoms with E-state index < -0.39 is 0 Å². The highest BCUT2D eigenvalue weighted by atomic mass is 19.1. The highest BCUT2D eigenvalue weighted by Gasteiger charge is 2.13. The molecule has 4 rings (SSSR count). The van der Waals surface area contributed by atoms with Crippen molar-refractivity contribution in [2.75, 3.05) is 17.2 Å². The van der Waals surface area contributed by atoms with Gasteiger partial charge in [0.2, 0.25) is 0 Å². The van der Waals surface area contributed by atoms with E-state index in [1.165, 1.54) is 24.5 Å². The topological polar surface area (TPSA) is 54.8 Å². The minimum absolute atomic E-state index is 0.280. The van der Waals surface area contributed by atoms with Gasteiger partial charge in [0, 0.05) is 24.3 Å². The zero-order valence-electron chi connectivity index (χ0n) is 16.2. The highest BCUT2D eigenvalue weighted by molar-refractivity contribution is 5.81. The van der Waals surface area contributed by atoms with Crippen LogP contribution in [-0.4, -0.2) is 21.3 Å². The van der Waals surface area contributed by atoms with Crippen molar-refractivity contribution >= 4 is 11.4 Å². The van der Waals surface area contributed by atoms with Gasteiger partial charge in [0.1, 0.15) is 24.3 Å². The van der Waals surface area contributed by atoms with E-state index in [0.717, 1.165) is 16.7 Å². The second-order valence-electron chi connectivity index (χ2n) is 6.81. The van der Waals surface area contributed by atoms with Crippen molar-refractivity contribution in [3.63, 3.8) is 0 Å². The van der Waals surface area contributed by atoms with Crippen LogP contribution in [0.5, 0.6) is 0 Å². The maximum atomic E-state index is 15.1. The van der Waals surface area contributed by atoms with Gasteiger partial charge in [0.25, 0.3) is 0 Å².